The van der Waals surface area contributed by atoms with E-state index in [1.54, 1.807) is 43.3 Å². The van der Waals surface area contributed by atoms with Crippen molar-refractivity contribution in [3.05, 3.63) is 58.1 Å². The van der Waals surface area contributed by atoms with Crippen molar-refractivity contribution in [3.8, 4) is 11.5 Å². The van der Waals surface area contributed by atoms with E-state index in [0.29, 0.717) is 22.2 Å². The summed E-state index contributed by atoms with van der Waals surface area (Å²) >= 11 is 3.23. The first-order chi connectivity index (χ1) is 10.0. The molecule has 0 bridgehead atoms. The van der Waals surface area contributed by atoms with E-state index in [1.165, 1.54) is 6.07 Å². The Morgan fingerprint density at radius 2 is 1.81 bits per heavy atom. The van der Waals surface area contributed by atoms with E-state index in [1.807, 2.05) is 0 Å². The molecule has 0 spiro atoms. The summed E-state index contributed by atoms with van der Waals surface area (Å²) in [4.78, 5) is 22.7. The number of halogens is 1. The minimum atomic E-state index is -1.07. The zero-order valence-corrected chi connectivity index (χ0v) is 12.9. The Labute approximate surface area is 130 Å². The Morgan fingerprint density at radius 1 is 1.14 bits per heavy atom. The van der Waals surface area contributed by atoms with Gasteiger partial charge < -0.3 is 9.84 Å². The van der Waals surface area contributed by atoms with E-state index in [4.69, 9.17) is 4.74 Å². The molecule has 0 aliphatic heterocycles. The molecule has 5 heteroatoms. The number of ketones is 1. The first-order valence-electron chi connectivity index (χ1n) is 6.35. The van der Waals surface area contributed by atoms with Crippen molar-refractivity contribution in [3.63, 3.8) is 0 Å². The Hall–Kier alpha value is -2.14. The number of hydrogen-bond acceptors (Lipinski definition) is 3. The highest BCUT2D eigenvalue weighted by Crippen LogP contribution is 2.28. The maximum atomic E-state index is 11.5. The monoisotopic (exact) mass is 348 g/mol. The fourth-order valence-electron chi connectivity index (χ4n) is 1.80. The Morgan fingerprint density at radius 3 is 2.38 bits per heavy atom. The van der Waals surface area contributed by atoms with Crippen molar-refractivity contribution in [1.29, 1.82) is 0 Å². The molecule has 0 saturated heterocycles. The van der Waals surface area contributed by atoms with Crippen LogP contribution < -0.4 is 4.74 Å². The van der Waals surface area contributed by atoms with Crippen molar-refractivity contribution in [2.45, 2.75) is 13.3 Å². The fraction of sp³-hybridized carbons (Fsp3) is 0.125. The molecule has 1 N–H and O–H groups in total. The number of Topliss-reactive ketones (excluding diaryl/α,β-unsaturated/α-hetero) is 1. The molecule has 2 aromatic rings. The highest BCUT2D eigenvalue weighted by Gasteiger charge is 2.13. The molecule has 0 heterocycles. The summed E-state index contributed by atoms with van der Waals surface area (Å²) in [5, 5.41) is 9.17. The second kappa shape index (κ2) is 6.54. The number of rotatable bonds is 5. The zero-order valence-electron chi connectivity index (χ0n) is 11.3. The van der Waals surface area contributed by atoms with Crippen LogP contribution in [0.2, 0.25) is 0 Å². The number of aromatic carboxylic acids is 1. The molecule has 0 atom stereocenters. The predicted octanol–water partition coefficient (Wildman–Crippen LogP) is 4.53. The number of hydrogen-bond donors (Lipinski definition) is 1. The number of carbonyl (C=O) groups is 2. The molecule has 0 aromatic heterocycles. The maximum absolute atomic E-state index is 11.5. The van der Waals surface area contributed by atoms with Gasteiger partial charge in [0, 0.05) is 16.5 Å². The number of carboxylic acid groups (broad SMARTS) is 1. The van der Waals surface area contributed by atoms with Gasteiger partial charge in [-0.15, -0.1) is 0 Å². The number of benzene rings is 2. The molecule has 0 unspecified atom stereocenters. The lowest BCUT2D eigenvalue weighted by molar-refractivity contribution is 0.0694. The largest absolute Gasteiger partial charge is 0.478 e. The summed E-state index contributed by atoms with van der Waals surface area (Å²) in [5.74, 6) is -0.284. The highest BCUT2D eigenvalue weighted by atomic mass is 79.9. The lowest BCUT2D eigenvalue weighted by Gasteiger charge is -2.09. The van der Waals surface area contributed by atoms with Gasteiger partial charge in [0.15, 0.2) is 5.78 Å². The molecular formula is C16H13BrO4. The van der Waals surface area contributed by atoms with E-state index in [9.17, 15) is 14.7 Å². The Balaban J connectivity index is 2.26. The molecule has 0 aliphatic carbocycles. The first-order valence-corrected chi connectivity index (χ1v) is 7.14. The lowest BCUT2D eigenvalue weighted by Crippen LogP contribution is -2.00. The van der Waals surface area contributed by atoms with Crippen LogP contribution in [0.3, 0.4) is 0 Å². The molecule has 21 heavy (non-hydrogen) atoms. The van der Waals surface area contributed by atoms with Gasteiger partial charge in [0.1, 0.15) is 17.1 Å². The molecule has 2 rings (SSSR count). The van der Waals surface area contributed by atoms with Gasteiger partial charge in [0.2, 0.25) is 0 Å². The number of ether oxygens (including phenoxy) is 1. The van der Waals surface area contributed by atoms with Gasteiger partial charge in [-0.1, -0.05) is 22.9 Å². The van der Waals surface area contributed by atoms with Crippen LogP contribution in [-0.2, 0) is 0 Å². The SMILES string of the molecule is CCC(=O)c1ccc(Oc2ccc(Br)cc2C(=O)O)cc1. The summed E-state index contributed by atoms with van der Waals surface area (Å²) in [6.07, 6.45) is 0.441. The van der Waals surface area contributed by atoms with Crippen LogP contribution in [0.4, 0.5) is 0 Å². The molecule has 0 radical (unpaired) electrons. The fourth-order valence-corrected chi connectivity index (χ4v) is 2.16. The summed E-state index contributed by atoms with van der Waals surface area (Å²) in [7, 11) is 0. The van der Waals surface area contributed by atoms with E-state index in [0.717, 1.165) is 0 Å². The topological polar surface area (TPSA) is 63.6 Å². The van der Waals surface area contributed by atoms with Crippen molar-refractivity contribution in [1.82, 2.24) is 0 Å². The van der Waals surface area contributed by atoms with E-state index >= 15 is 0 Å². The highest BCUT2D eigenvalue weighted by molar-refractivity contribution is 9.10. The van der Waals surface area contributed by atoms with Gasteiger partial charge >= 0.3 is 5.97 Å². The predicted molar refractivity (Wildman–Crippen MR) is 82.2 cm³/mol. The summed E-state index contributed by atoms with van der Waals surface area (Å²) in [6.45, 7) is 1.80. The van der Waals surface area contributed by atoms with Gasteiger partial charge in [-0.3, -0.25) is 4.79 Å². The second-order valence-electron chi connectivity index (χ2n) is 4.35. The molecule has 0 amide bonds. The van der Waals surface area contributed by atoms with E-state index < -0.39 is 5.97 Å². The maximum Gasteiger partial charge on any atom is 0.339 e. The third-order valence-electron chi connectivity index (χ3n) is 2.90. The van der Waals surface area contributed by atoms with Gasteiger partial charge in [-0.2, -0.15) is 0 Å². The van der Waals surface area contributed by atoms with Crippen LogP contribution in [0.25, 0.3) is 0 Å². The number of carbonyl (C=O) groups excluding carboxylic acids is 1. The Bertz CT molecular complexity index is 677. The summed E-state index contributed by atoms with van der Waals surface area (Å²) < 4.78 is 6.24. The molecule has 0 aliphatic rings. The van der Waals surface area contributed by atoms with Gasteiger partial charge in [0.05, 0.1) is 0 Å². The standard InChI is InChI=1S/C16H13BrO4/c1-2-14(18)10-3-6-12(7-4-10)21-15-8-5-11(17)9-13(15)16(19)20/h3-9H,2H2,1H3,(H,19,20). The van der Waals surface area contributed by atoms with Crippen LogP contribution in [-0.4, -0.2) is 16.9 Å². The molecule has 0 fully saturated rings. The van der Waals surface area contributed by atoms with E-state index in [2.05, 4.69) is 15.9 Å². The normalized spacial score (nSPS) is 10.2. The second-order valence-corrected chi connectivity index (χ2v) is 5.26. The van der Waals surface area contributed by atoms with Crippen molar-refractivity contribution < 1.29 is 19.4 Å². The number of carboxylic acids is 1. The van der Waals surface area contributed by atoms with Crippen LogP contribution in [0.15, 0.2) is 46.9 Å². The minimum Gasteiger partial charge on any atom is -0.478 e. The van der Waals surface area contributed by atoms with Crippen molar-refractivity contribution >= 4 is 27.7 Å². The smallest absolute Gasteiger partial charge is 0.339 e. The summed E-state index contributed by atoms with van der Waals surface area (Å²) in [5.41, 5.74) is 0.678. The average Bonchev–Trinajstić information content (AvgIpc) is 2.49. The van der Waals surface area contributed by atoms with Gasteiger partial charge in [-0.25, -0.2) is 4.79 Å². The van der Waals surface area contributed by atoms with Crippen LogP contribution in [0, 0.1) is 0 Å². The van der Waals surface area contributed by atoms with Crippen LogP contribution in [0.1, 0.15) is 34.1 Å². The zero-order chi connectivity index (χ0) is 15.4. The van der Waals surface area contributed by atoms with Crippen molar-refractivity contribution in [2.75, 3.05) is 0 Å². The summed E-state index contributed by atoms with van der Waals surface area (Å²) in [6, 6.07) is 11.4. The molecule has 108 valence electrons. The molecule has 0 saturated carbocycles. The molecule has 2 aromatic carbocycles. The molecular weight excluding hydrogens is 336 g/mol. The average molecular weight is 349 g/mol. The minimum absolute atomic E-state index is 0.0522. The van der Waals surface area contributed by atoms with Gasteiger partial charge in [0.25, 0.3) is 0 Å². The Kier molecular flexibility index (Phi) is 4.75. The van der Waals surface area contributed by atoms with Crippen molar-refractivity contribution in [2.24, 2.45) is 0 Å². The lowest BCUT2D eigenvalue weighted by atomic mass is 10.1. The van der Waals surface area contributed by atoms with E-state index in [-0.39, 0.29) is 17.1 Å². The van der Waals surface area contributed by atoms with Crippen LogP contribution in [0.5, 0.6) is 11.5 Å². The van der Waals surface area contributed by atoms with Crippen LogP contribution >= 0.6 is 15.9 Å². The third-order valence-corrected chi connectivity index (χ3v) is 3.39. The third kappa shape index (κ3) is 3.70. The first kappa shape index (κ1) is 15.3. The quantitative estimate of drug-likeness (QED) is 0.806. The van der Waals surface area contributed by atoms with Gasteiger partial charge in [-0.05, 0) is 42.5 Å². The molecule has 4 nitrogen and oxygen atoms in total.